The van der Waals surface area contributed by atoms with Gasteiger partial charge in [-0.3, -0.25) is 8.74 Å². The van der Waals surface area contributed by atoms with Crippen molar-refractivity contribution in [3.05, 3.63) is 35.4 Å². The fourth-order valence-corrected chi connectivity index (χ4v) is 2.84. The average molecular weight is 269 g/mol. The van der Waals surface area contributed by atoms with E-state index in [4.69, 9.17) is 8.74 Å². The first-order chi connectivity index (χ1) is 8.66. The molecule has 1 aromatic rings. The summed E-state index contributed by atoms with van der Waals surface area (Å²) in [5.41, 5.74) is 2.16. The zero-order valence-electron chi connectivity index (χ0n) is 10.5. The van der Waals surface area contributed by atoms with E-state index in [1.807, 2.05) is 31.2 Å². The lowest BCUT2D eigenvalue weighted by Gasteiger charge is -2.29. The Bertz CT molecular complexity index is 401. The fraction of sp³-hybridized carbons (Fsp3) is 0.538. The molecule has 1 saturated heterocycles. The van der Waals surface area contributed by atoms with Gasteiger partial charge in [0.05, 0.1) is 0 Å². The second-order valence-electron chi connectivity index (χ2n) is 4.73. The van der Waals surface area contributed by atoms with Crippen molar-refractivity contribution in [1.29, 1.82) is 0 Å². The highest BCUT2D eigenvalue weighted by molar-refractivity contribution is 7.74. The summed E-state index contributed by atoms with van der Waals surface area (Å²) >= 11 is -2.22. The lowest BCUT2D eigenvalue weighted by atomic mass is 9.88. The monoisotopic (exact) mass is 269 g/mol. The topological polar surface area (TPSA) is 58.6 Å². The third-order valence-corrected chi connectivity index (χ3v) is 3.78. The highest BCUT2D eigenvalue weighted by Crippen LogP contribution is 2.32. The van der Waals surface area contributed by atoms with Gasteiger partial charge in [-0.05, 0) is 44.3 Å². The van der Waals surface area contributed by atoms with E-state index in [9.17, 15) is 4.21 Å². The number of hydrogen-bond acceptors (Lipinski definition) is 3. The van der Waals surface area contributed by atoms with Crippen molar-refractivity contribution in [2.45, 2.75) is 25.9 Å². The standard InChI is InChI=1S/C13H19NO3S/c1-10-2-4-11(5-3-10)13(17-18(15)16)12-6-8-14-9-7-12/h2-5,12-14H,6-9H2,1H3,(H,15,16). The number of piperidine rings is 1. The molecule has 2 atom stereocenters. The van der Waals surface area contributed by atoms with E-state index >= 15 is 0 Å². The van der Waals surface area contributed by atoms with E-state index in [0.717, 1.165) is 31.5 Å². The molecule has 0 amide bonds. The molecule has 18 heavy (non-hydrogen) atoms. The van der Waals surface area contributed by atoms with Crippen molar-refractivity contribution in [2.24, 2.45) is 5.92 Å². The molecule has 1 heterocycles. The minimum Gasteiger partial charge on any atom is -0.317 e. The van der Waals surface area contributed by atoms with Crippen LogP contribution in [0, 0.1) is 12.8 Å². The van der Waals surface area contributed by atoms with Crippen molar-refractivity contribution < 1.29 is 12.9 Å². The van der Waals surface area contributed by atoms with Gasteiger partial charge >= 0.3 is 11.4 Å². The predicted molar refractivity (Wildman–Crippen MR) is 71.4 cm³/mol. The van der Waals surface area contributed by atoms with Crippen LogP contribution in [0.3, 0.4) is 0 Å². The maximum absolute atomic E-state index is 11.0. The summed E-state index contributed by atoms with van der Waals surface area (Å²) in [7, 11) is 0. The van der Waals surface area contributed by atoms with Crippen LogP contribution < -0.4 is 5.32 Å². The molecular weight excluding hydrogens is 250 g/mol. The van der Waals surface area contributed by atoms with E-state index in [-0.39, 0.29) is 6.10 Å². The van der Waals surface area contributed by atoms with Gasteiger partial charge in [0, 0.05) is 0 Å². The lowest BCUT2D eigenvalue weighted by molar-refractivity contribution is 0.116. The molecule has 2 rings (SSSR count). The van der Waals surface area contributed by atoms with Crippen molar-refractivity contribution in [2.75, 3.05) is 13.1 Å². The number of aryl methyl sites for hydroxylation is 1. The summed E-state index contributed by atoms with van der Waals surface area (Å²) in [6.07, 6.45) is 1.64. The molecule has 0 spiro atoms. The van der Waals surface area contributed by atoms with Gasteiger partial charge in [-0.15, -0.1) is 0 Å². The Balaban J connectivity index is 2.17. The molecule has 2 unspecified atom stereocenters. The van der Waals surface area contributed by atoms with Gasteiger partial charge in [0.2, 0.25) is 0 Å². The number of nitrogens with one attached hydrogen (secondary N) is 1. The molecule has 2 N–H and O–H groups in total. The van der Waals surface area contributed by atoms with Crippen LogP contribution in [-0.2, 0) is 15.5 Å². The predicted octanol–water partition coefficient (Wildman–Crippen LogP) is 2.19. The first-order valence-corrected chi connectivity index (χ1v) is 7.25. The molecule has 100 valence electrons. The Labute approximate surface area is 110 Å². The van der Waals surface area contributed by atoms with Crippen LogP contribution in [0.4, 0.5) is 0 Å². The molecule has 1 aliphatic rings. The van der Waals surface area contributed by atoms with Crippen LogP contribution in [-0.4, -0.2) is 21.9 Å². The van der Waals surface area contributed by atoms with E-state index in [1.54, 1.807) is 0 Å². The maximum Gasteiger partial charge on any atom is 0.302 e. The summed E-state index contributed by atoms with van der Waals surface area (Å²) in [5, 5.41) is 3.29. The second-order valence-corrected chi connectivity index (χ2v) is 5.36. The van der Waals surface area contributed by atoms with Crippen molar-refractivity contribution in [3.8, 4) is 0 Å². The minimum atomic E-state index is -2.22. The van der Waals surface area contributed by atoms with E-state index in [2.05, 4.69) is 5.32 Å². The van der Waals surface area contributed by atoms with Crippen LogP contribution in [0.2, 0.25) is 0 Å². The van der Waals surface area contributed by atoms with E-state index in [0.29, 0.717) is 5.92 Å². The molecule has 4 nitrogen and oxygen atoms in total. The maximum atomic E-state index is 11.0. The van der Waals surface area contributed by atoms with Gasteiger partial charge in [-0.2, -0.15) is 4.21 Å². The SMILES string of the molecule is Cc1ccc(C(OS(=O)O)C2CCNCC2)cc1. The van der Waals surface area contributed by atoms with Gasteiger partial charge in [0.25, 0.3) is 0 Å². The Morgan fingerprint density at radius 2 is 1.94 bits per heavy atom. The van der Waals surface area contributed by atoms with Crippen LogP contribution in [0.15, 0.2) is 24.3 Å². The molecule has 0 aliphatic carbocycles. The van der Waals surface area contributed by atoms with E-state index in [1.165, 1.54) is 5.56 Å². The Morgan fingerprint density at radius 1 is 1.33 bits per heavy atom. The summed E-state index contributed by atoms with van der Waals surface area (Å²) in [4.78, 5) is 0. The molecule has 1 aromatic carbocycles. The third kappa shape index (κ3) is 3.62. The highest BCUT2D eigenvalue weighted by Gasteiger charge is 2.27. The number of rotatable bonds is 4. The summed E-state index contributed by atoms with van der Waals surface area (Å²) in [6.45, 7) is 3.90. The molecule has 0 saturated carbocycles. The van der Waals surface area contributed by atoms with Gasteiger partial charge in [0.1, 0.15) is 6.10 Å². The van der Waals surface area contributed by atoms with Gasteiger partial charge in [-0.1, -0.05) is 29.8 Å². The Morgan fingerprint density at radius 3 is 2.50 bits per heavy atom. The minimum absolute atomic E-state index is 0.293. The molecule has 5 heteroatoms. The van der Waals surface area contributed by atoms with Crippen molar-refractivity contribution in [1.82, 2.24) is 5.32 Å². The van der Waals surface area contributed by atoms with Gasteiger partial charge in [-0.25, -0.2) is 0 Å². The highest BCUT2D eigenvalue weighted by atomic mass is 32.2. The smallest absolute Gasteiger partial charge is 0.302 e. The zero-order valence-corrected chi connectivity index (χ0v) is 11.3. The largest absolute Gasteiger partial charge is 0.317 e. The summed E-state index contributed by atoms with van der Waals surface area (Å²) in [6, 6.07) is 7.98. The Hall–Kier alpha value is -0.750. The normalized spacial score (nSPS) is 20.6. The fourth-order valence-electron chi connectivity index (χ4n) is 2.40. The molecular formula is C13H19NO3S. The number of benzene rings is 1. The van der Waals surface area contributed by atoms with Crippen LogP contribution in [0.5, 0.6) is 0 Å². The first kappa shape index (κ1) is 13.7. The molecule has 1 fully saturated rings. The van der Waals surface area contributed by atoms with Crippen LogP contribution in [0.25, 0.3) is 0 Å². The van der Waals surface area contributed by atoms with E-state index < -0.39 is 11.4 Å². The molecule has 0 bridgehead atoms. The first-order valence-electron chi connectivity index (χ1n) is 6.22. The summed E-state index contributed by atoms with van der Waals surface area (Å²) in [5.74, 6) is 0.296. The summed E-state index contributed by atoms with van der Waals surface area (Å²) < 4.78 is 25.2. The van der Waals surface area contributed by atoms with Gasteiger partial charge < -0.3 is 5.32 Å². The Kier molecular flexibility index (Phi) is 4.88. The second kappa shape index (κ2) is 6.43. The molecule has 0 radical (unpaired) electrons. The van der Waals surface area contributed by atoms with Crippen molar-refractivity contribution in [3.63, 3.8) is 0 Å². The molecule has 0 aromatic heterocycles. The van der Waals surface area contributed by atoms with Crippen LogP contribution in [0.1, 0.15) is 30.1 Å². The lowest BCUT2D eigenvalue weighted by Crippen LogP contribution is -2.32. The average Bonchev–Trinajstić information content (AvgIpc) is 2.38. The van der Waals surface area contributed by atoms with Gasteiger partial charge in [0.15, 0.2) is 0 Å². The number of hydrogen-bond donors (Lipinski definition) is 2. The zero-order chi connectivity index (χ0) is 13.0. The third-order valence-electron chi connectivity index (χ3n) is 3.40. The quantitative estimate of drug-likeness (QED) is 0.823. The van der Waals surface area contributed by atoms with Crippen LogP contribution >= 0.6 is 0 Å². The van der Waals surface area contributed by atoms with Crippen molar-refractivity contribution >= 4 is 11.4 Å². The molecule has 1 aliphatic heterocycles.